The third-order valence-corrected chi connectivity index (χ3v) is 7.63. The van der Waals surface area contributed by atoms with Crippen LogP contribution in [0.1, 0.15) is 44.2 Å². The van der Waals surface area contributed by atoms with Crippen LogP contribution < -0.4 is 10.8 Å². The third-order valence-electron chi connectivity index (χ3n) is 7.23. The molecule has 1 N–H and O–H groups in total. The zero-order valence-electron chi connectivity index (χ0n) is 20.4. The lowest BCUT2D eigenvalue weighted by Gasteiger charge is -2.34. The molecule has 0 saturated carbocycles. The summed E-state index contributed by atoms with van der Waals surface area (Å²) in [6.45, 7) is 3.41. The number of likely N-dealkylation sites (tertiary alicyclic amines) is 1. The quantitative estimate of drug-likeness (QED) is 0.570. The zero-order valence-corrected chi connectivity index (χ0v) is 21.2. The van der Waals surface area contributed by atoms with Crippen molar-refractivity contribution in [3.8, 4) is 0 Å². The van der Waals surface area contributed by atoms with Crippen molar-refractivity contribution in [2.24, 2.45) is 5.92 Å². The molecule has 5 rings (SSSR count). The van der Waals surface area contributed by atoms with Crippen molar-refractivity contribution in [2.75, 3.05) is 31.5 Å². The summed E-state index contributed by atoms with van der Waals surface area (Å²) in [6, 6.07) is 2.02. The van der Waals surface area contributed by atoms with Crippen molar-refractivity contribution in [1.82, 2.24) is 19.5 Å². The summed E-state index contributed by atoms with van der Waals surface area (Å²) in [4.78, 5) is 7.21. The molecule has 1 atom stereocenters. The summed E-state index contributed by atoms with van der Waals surface area (Å²) < 4.78 is 40.6. The summed E-state index contributed by atoms with van der Waals surface area (Å²) in [6.07, 6.45) is 9.21. The van der Waals surface area contributed by atoms with Gasteiger partial charge in [-0.05, 0) is 56.5 Å². The van der Waals surface area contributed by atoms with Gasteiger partial charge in [-0.25, -0.2) is 4.98 Å². The van der Waals surface area contributed by atoms with E-state index in [1.165, 1.54) is 6.08 Å². The molecule has 0 aromatic carbocycles. The second kappa shape index (κ2) is 10.5. The number of halogens is 4. The van der Waals surface area contributed by atoms with Crippen LogP contribution in [-0.4, -0.2) is 59.7 Å². The average molecular weight is 516 g/mol. The molecule has 1 saturated heterocycles. The summed E-state index contributed by atoms with van der Waals surface area (Å²) in [7, 11) is 2.00. The van der Waals surface area contributed by atoms with E-state index in [1.807, 2.05) is 30.7 Å². The minimum absolute atomic E-state index is 0.0768. The lowest BCUT2D eigenvalue weighted by molar-refractivity contribution is -0.0941. The minimum atomic E-state index is -4.22. The molecular formula is C26H30BClF3N5. The van der Waals surface area contributed by atoms with E-state index in [4.69, 9.17) is 16.6 Å². The molecule has 10 heteroatoms. The summed E-state index contributed by atoms with van der Waals surface area (Å²) >= 11 is 6.54. The fraction of sp³-hybridized carbons (Fsp3) is 0.462. The highest BCUT2D eigenvalue weighted by Gasteiger charge is 2.34. The van der Waals surface area contributed by atoms with Crippen LogP contribution in [0.5, 0.6) is 0 Å². The summed E-state index contributed by atoms with van der Waals surface area (Å²) in [5.74, 6) is 1.32. The highest BCUT2D eigenvalue weighted by Crippen LogP contribution is 2.34. The predicted molar refractivity (Wildman–Crippen MR) is 141 cm³/mol. The maximum absolute atomic E-state index is 12.9. The van der Waals surface area contributed by atoms with Gasteiger partial charge in [0.1, 0.15) is 13.7 Å². The Morgan fingerprint density at radius 2 is 2.06 bits per heavy atom. The second-order valence-electron chi connectivity index (χ2n) is 9.99. The van der Waals surface area contributed by atoms with Crippen molar-refractivity contribution >= 4 is 41.9 Å². The molecule has 1 aliphatic heterocycles. The first-order chi connectivity index (χ1) is 17.3. The van der Waals surface area contributed by atoms with Crippen molar-refractivity contribution < 1.29 is 13.2 Å². The maximum Gasteiger partial charge on any atom is 0.412 e. The SMILES string of the molecule is Bc1cnn2c(NCC3CCCN(CC4=CC=C(C(F)(F)F)CC4)C3)cc(C3=C(Cl)CCC=C3)nc12. The van der Waals surface area contributed by atoms with Gasteiger partial charge < -0.3 is 5.32 Å². The van der Waals surface area contributed by atoms with Gasteiger partial charge in [0, 0.05) is 48.1 Å². The number of allylic oxidation sites excluding steroid dienone is 7. The number of rotatable bonds is 6. The lowest BCUT2D eigenvalue weighted by Crippen LogP contribution is -2.39. The van der Waals surface area contributed by atoms with Gasteiger partial charge in [-0.2, -0.15) is 22.8 Å². The summed E-state index contributed by atoms with van der Waals surface area (Å²) in [5.41, 5.74) is 4.27. The number of piperidine rings is 1. The Morgan fingerprint density at radius 3 is 2.81 bits per heavy atom. The van der Waals surface area contributed by atoms with Crippen LogP contribution in [0.3, 0.4) is 0 Å². The second-order valence-corrected chi connectivity index (χ2v) is 10.4. The van der Waals surface area contributed by atoms with Crippen LogP contribution in [-0.2, 0) is 0 Å². The molecular weight excluding hydrogens is 486 g/mol. The number of hydrogen-bond acceptors (Lipinski definition) is 4. The van der Waals surface area contributed by atoms with Gasteiger partial charge in [-0.1, -0.05) is 41.5 Å². The van der Waals surface area contributed by atoms with Crippen LogP contribution in [0.25, 0.3) is 11.2 Å². The van der Waals surface area contributed by atoms with E-state index in [2.05, 4.69) is 21.4 Å². The Balaban J connectivity index is 1.27. The Hall–Kier alpha value is -2.52. The molecule has 3 aliphatic rings. The predicted octanol–water partition coefficient (Wildman–Crippen LogP) is 4.62. The Labute approximate surface area is 215 Å². The van der Waals surface area contributed by atoms with E-state index in [0.29, 0.717) is 12.3 Å². The van der Waals surface area contributed by atoms with E-state index in [9.17, 15) is 13.2 Å². The van der Waals surface area contributed by atoms with Gasteiger partial charge in [0.05, 0.1) is 5.69 Å². The molecule has 2 aromatic rings. The number of nitrogens with one attached hydrogen (secondary N) is 1. The molecule has 36 heavy (non-hydrogen) atoms. The van der Waals surface area contributed by atoms with E-state index < -0.39 is 11.7 Å². The molecule has 2 aliphatic carbocycles. The van der Waals surface area contributed by atoms with Crippen molar-refractivity contribution in [2.45, 2.75) is 44.7 Å². The first-order valence-corrected chi connectivity index (χ1v) is 13.0. The van der Waals surface area contributed by atoms with E-state index in [-0.39, 0.29) is 6.42 Å². The van der Waals surface area contributed by atoms with E-state index >= 15 is 0 Å². The highest BCUT2D eigenvalue weighted by atomic mass is 35.5. The normalized spacial score (nSPS) is 21.6. The topological polar surface area (TPSA) is 45.5 Å². The van der Waals surface area contributed by atoms with Gasteiger partial charge in [-0.3, -0.25) is 4.90 Å². The molecule has 5 nitrogen and oxygen atoms in total. The van der Waals surface area contributed by atoms with Crippen LogP contribution in [0.4, 0.5) is 19.0 Å². The van der Waals surface area contributed by atoms with Crippen molar-refractivity contribution in [3.05, 3.63) is 58.4 Å². The van der Waals surface area contributed by atoms with Crippen LogP contribution in [0, 0.1) is 5.92 Å². The van der Waals surface area contributed by atoms with Crippen LogP contribution >= 0.6 is 11.6 Å². The van der Waals surface area contributed by atoms with Crippen LogP contribution in [0.15, 0.2) is 52.7 Å². The zero-order chi connectivity index (χ0) is 25.3. The minimum Gasteiger partial charge on any atom is -0.370 e. The molecule has 0 bridgehead atoms. The largest absolute Gasteiger partial charge is 0.412 e. The standard InChI is InChI=1S/C26H30BClF3N5/c27-21-14-33-36-24(12-23(34-25(21)36)20-5-1-2-6-22(20)28)32-13-18-4-3-11-35(16-18)15-17-7-9-19(10-8-17)26(29,30)31/h1,5,7,9,12,14,18,32H,2-4,6,8,10-11,13,15-16,27H2. The van der Waals surface area contributed by atoms with Gasteiger partial charge in [0.2, 0.25) is 0 Å². The maximum atomic E-state index is 12.9. The van der Waals surface area contributed by atoms with Gasteiger partial charge >= 0.3 is 6.18 Å². The fourth-order valence-corrected chi connectivity index (χ4v) is 5.51. The number of aromatic nitrogens is 3. The number of hydrogen-bond donors (Lipinski definition) is 1. The third kappa shape index (κ3) is 5.57. The molecule has 1 unspecified atom stereocenters. The average Bonchev–Trinajstić information content (AvgIpc) is 3.23. The lowest BCUT2D eigenvalue weighted by atomic mass is 9.94. The van der Waals surface area contributed by atoms with Crippen molar-refractivity contribution in [1.29, 1.82) is 0 Å². The van der Waals surface area contributed by atoms with Gasteiger partial charge in [0.15, 0.2) is 5.65 Å². The van der Waals surface area contributed by atoms with E-state index in [1.54, 1.807) is 6.08 Å². The molecule has 0 radical (unpaired) electrons. The Bertz CT molecular complexity index is 1260. The van der Waals surface area contributed by atoms with Crippen molar-refractivity contribution in [3.63, 3.8) is 0 Å². The highest BCUT2D eigenvalue weighted by molar-refractivity contribution is 6.36. The van der Waals surface area contributed by atoms with Gasteiger partial charge in [0.25, 0.3) is 0 Å². The van der Waals surface area contributed by atoms with Crippen LogP contribution in [0.2, 0.25) is 0 Å². The first kappa shape index (κ1) is 25.1. The van der Waals surface area contributed by atoms with Gasteiger partial charge in [-0.15, -0.1) is 0 Å². The van der Waals surface area contributed by atoms with E-state index in [0.717, 1.165) is 90.7 Å². The Morgan fingerprint density at radius 1 is 1.19 bits per heavy atom. The number of alkyl halides is 3. The number of anilines is 1. The molecule has 3 heterocycles. The monoisotopic (exact) mass is 515 g/mol. The number of fused-ring (bicyclic) bond motifs is 1. The fourth-order valence-electron chi connectivity index (χ4n) is 5.24. The molecule has 0 spiro atoms. The molecule has 2 aromatic heterocycles. The smallest absolute Gasteiger partial charge is 0.370 e. The molecule has 0 amide bonds. The number of nitrogens with zero attached hydrogens (tertiary/aromatic N) is 4. The Kier molecular flexibility index (Phi) is 7.31. The first-order valence-electron chi connectivity index (χ1n) is 12.6. The molecule has 190 valence electrons. The summed E-state index contributed by atoms with van der Waals surface area (Å²) in [5, 5.41) is 8.96. The molecule has 1 fully saturated rings.